The maximum absolute atomic E-state index is 11.8. The predicted molar refractivity (Wildman–Crippen MR) is 88.8 cm³/mol. The van der Waals surface area contributed by atoms with Crippen LogP contribution in [-0.4, -0.2) is 17.5 Å². The number of nitrogens with one attached hydrogen (secondary N) is 1. The molecule has 0 aliphatic rings. The Balaban J connectivity index is 1.73. The third kappa shape index (κ3) is 5.20. The summed E-state index contributed by atoms with van der Waals surface area (Å²) < 4.78 is 5.53. The summed E-state index contributed by atoms with van der Waals surface area (Å²) in [4.78, 5) is 15.9. The Morgan fingerprint density at radius 3 is 2.82 bits per heavy atom. The molecule has 0 saturated heterocycles. The molecule has 22 heavy (non-hydrogen) atoms. The standard InChI is InChI=1S/C16H16Cl2N2O2/c1-11-9-13(6-7-19-11)20-16(21)3-2-8-22-15-5-4-12(17)10-14(15)18/h4-7,9-10H,2-3,8H2,1H3,(H,19,20,21). The van der Waals surface area contributed by atoms with Crippen molar-refractivity contribution in [2.24, 2.45) is 0 Å². The van der Waals surface area contributed by atoms with Crippen LogP contribution in [0.4, 0.5) is 5.69 Å². The molecule has 2 rings (SSSR count). The third-order valence-electron chi connectivity index (χ3n) is 2.88. The first kappa shape index (κ1) is 16.6. The van der Waals surface area contributed by atoms with Gasteiger partial charge in [-0.1, -0.05) is 23.2 Å². The van der Waals surface area contributed by atoms with E-state index in [1.165, 1.54) is 0 Å². The minimum absolute atomic E-state index is 0.0589. The fourth-order valence-corrected chi connectivity index (χ4v) is 2.32. The zero-order valence-corrected chi connectivity index (χ0v) is 13.6. The minimum atomic E-state index is -0.0589. The van der Waals surface area contributed by atoms with E-state index in [0.29, 0.717) is 35.2 Å². The second-order valence-corrected chi connectivity index (χ2v) is 5.60. The molecular formula is C16H16Cl2N2O2. The second kappa shape index (κ2) is 8.01. The van der Waals surface area contributed by atoms with Crippen molar-refractivity contribution >= 4 is 34.8 Å². The van der Waals surface area contributed by atoms with Crippen molar-refractivity contribution < 1.29 is 9.53 Å². The summed E-state index contributed by atoms with van der Waals surface area (Å²) in [6, 6.07) is 8.62. The van der Waals surface area contributed by atoms with E-state index in [0.717, 1.165) is 11.4 Å². The molecule has 1 N–H and O–H groups in total. The molecule has 0 radical (unpaired) electrons. The highest BCUT2D eigenvalue weighted by molar-refractivity contribution is 6.35. The van der Waals surface area contributed by atoms with Gasteiger partial charge in [-0.2, -0.15) is 0 Å². The number of nitrogens with zero attached hydrogens (tertiary/aromatic N) is 1. The quantitative estimate of drug-likeness (QED) is 0.789. The lowest BCUT2D eigenvalue weighted by Crippen LogP contribution is -2.13. The Morgan fingerprint density at radius 2 is 2.09 bits per heavy atom. The molecule has 1 amide bonds. The fourth-order valence-electron chi connectivity index (χ4n) is 1.85. The van der Waals surface area contributed by atoms with Crippen LogP contribution in [-0.2, 0) is 4.79 Å². The van der Waals surface area contributed by atoms with E-state index in [4.69, 9.17) is 27.9 Å². The molecule has 0 spiro atoms. The molecule has 0 aliphatic carbocycles. The normalized spacial score (nSPS) is 10.3. The van der Waals surface area contributed by atoms with Crippen LogP contribution in [0.2, 0.25) is 10.0 Å². The van der Waals surface area contributed by atoms with Crippen LogP contribution >= 0.6 is 23.2 Å². The highest BCUT2D eigenvalue weighted by Crippen LogP contribution is 2.27. The van der Waals surface area contributed by atoms with Crippen LogP contribution in [0.15, 0.2) is 36.5 Å². The van der Waals surface area contributed by atoms with Crippen molar-refractivity contribution in [2.75, 3.05) is 11.9 Å². The Labute approximate surface area is 139 Å². The van der Waals surface area contributed by atoms with Gasteiger partial charge in [0, 0.05) is 29.0 Å². The first-order valence-electron chi connectivity index (χ1n) is 6.85. The van der Waals surface area contributed by atoms with Gasteiger partial charge in [-0.15, -0.1) is 0 Å². The van der Waals surface area contributed by atoms with Crippen LogP contribution in [0, 0.1) is 6.92 Å². The van der Waals surface area contributed by atoms with Crippen molar-refractivity contribution in [3.63, 3.8) is 0 Å². The zero-order valence-electron chi connectivity index (χ0n) is 12.1. The molecule has 1 heterocycles. The summed E-state index contributed by atoms with van der Waals surface area (Å²) in [6.45, 7) is 2.28. The fraction of sp³-hybridized carbons (Fsp3) is 0.250. The topological polar surface area (TPSA) is 51.2 Å². The average molecular weight is 339 g/mol. The number of aromatic nitrogens is 1. The van der Waals surface area contributed by atoms with Gasteiger partial charge in [-0.3, -0.25) is 9.78 Å². The monoisotopic (exact) mass is 338 g/mol. The molecule has 0 unspecified atom stereocenters. The molecule has 116 valence electrons. The van der Waals surface area contributed by atoms with Gasteiger partial charge in [0.15, 0.2) is 0 Å². The van der Waals surface area contributed by atoms with Crippen LogP contribution in [0.1, 0.15) is 18.5 Å². The lowest BCUT2D eigenvalue weighted by atomic mass is 10.3. The molecule has 6 heteroatoms. The largest absolute Gasteiger partial charge is 0.492 e. The van der Waals surface area contributed by atoms with Crippen molar-refractivity contribution in [3.8, 4) is 5.75 Å². The summed E-state index contributed by atoms with van der Waals surface area (Å²) in [5, 5.41) is 3.84. The number of ether oxygens (including phenoxy) is 1. The number of halogens is 2. The molecule has 0 bridgehead atoms. The first-order chi connectivity index (χ1) is 10.5. The van der Waals surface area contributed by atoms with Crippen molar-refractivity contribution in [1.29, 1.82) is 0 Å². The van der Waals surface area contributed by atoms with Crippen molar-refractivity contribution in [3.05, 3.63) is 52.3 Å². The van der Waals surface area contributed by atoms with E-state index in [-0.39, 0.29) is 5.91 Å². The maximum atomic E-state index is 11.8. The van der Waals surface area contributed by atoms with Gasteiger partial charge in [-0.25, -0.2) is 0 Å². The highest BCUT2D eigenvalue weighted by atomic mass is 35.5. The minimum Gasteiger partial charge on any atom is -0.492 e. The molecule has 1 aromatic carbocycles. The van der Waals surface area contributed by atoms with E-state index < -0.39 is 0 Å². The van der Waals surface area contributed by atoms with Gasteiger partial charge in [0.2, 0.25) is 5.91 Å². The smallest absolute Gasteiger partial charge is 0.224 e. The zero-order chi connectivity index (χ0) is 15.9. The summed E-state index contributed by atoms with van der Waals surface area (Å²) in [5.74, 6) is 0.507. The molecular weight excluding hydrogens is 323 g/mol. The molecule has 0 fully saturated rings. The summed E-state index contributed by atoms with van der Waals surface area (Å²) in [6.07, 6.45) is 2.62. The second-order valence-electron chi connectivity index (χ2n) is 4.76. The van der Waals surface area contributed by atoms with Gasteiger partial charge in [-0.05, 0) is 43.7 Å². The Kier molecular flexibility index (Phi) is 6.04. The molecule has 0 saturated carbocycles. The number of rotatable bonds is 6. The van der Waals surface area contributed by atoms with E-state index >= 15 is 0 Å². The Hall–Kier alpha value is -1.78. The number of pyridine rings is 1. The molecule has 2 aromatic rings. The number of carbonyl (C=O) groups is 1. The number of anilines is 1. The first-order valence-corrected chi connectivity index (χ1v) is 7.60. The molecule has 0 atom stereocenters. The SMILES string of the molecule is Cc1cc(NC(=O)CCCOc2ccc(Cl)cc2Cl)ccn1. The molecule has 0 aliphatic heterocycles. The van der Waals surface area contributed by atoms with Gasteiger partial charge < -0.3 is 10.1 Å². The predicted octanol–water partition coefficient (Wildman–Crippen LogP) is 4.49. The summed E-state index contributed by atoms with van der Waals surface area (Å²) >= 11 is 11.8. The summed E-state index contributed by atoms with van der Waals surface area (Å²) in [5.41, 5.74) is 1.61. The highest BCUT2D eigenvalue weighted by Gasteiger charge is 2.05. The number of amides is 1. The lowest BCUT2D eigenvalue weighted by Gasteiger charge is -2.08. The molecule has 4 nitrogen and oxygen atoms in total. The van der Waals surface area contributed by atoms with Crippen LogP contribution in [0.5, 0.6) is 5.75 Å². The maximum Gasteiger partial charge on any atom is 0.224 e. The van der Waals surface area contributed by atoms with E-state index in [1.807, 2.05) is 13.0 Å². The Morgan fingerprint density at radius 1 is 1.27 bits per heavy atom. The Bertz CT molecular complexity index is 662. The van der Waals surface area contributed by atoms with E-state index in [9.17, 15) is 4.79 Å². The van der Waals surface area contributed by atoms with Crippen LogP contribution in [0.25, 0.3) is 0 Å². The number of aryl methyl sites for hydroxylation is 1. The van der Waals surface area contributed by atoms with E-state index in [1.54, 1.807) is 30.5 Å². The van der Waals surface area contributed by atoms with Gasteiger partial charge in [0.25, 0.3) is 0 Å². The number of benzene rings is 1. The van der Waals surface area contributed by atoms with Gasteiger partial charge in [0.1, 0.15) is 5.75 Å². The van der Waals surface area contributed by atoms with Crippen LogP contribution < -0.4 is 10.1 Å². The van der Waals surface area contributed by atoms with E-state index in [2.05, 4.69) is 10.3 Å². The molecule has 1 aromatic heterocycles. The number of hydrogen-bond acceptors (Lipinski definition) is 3. The summed E-state index contributed by atoms with van der Waals surface area (Å²) in [7, 11) is 0. The third-order valence-corrected chi connectivity index (χ3v) is 3.41. The van der Waals surface area contributed by atoms with Gasteiger partial charge >= 0.3 is 0 Å². The number of carbonyl (C=O) groups excluding carboxylic acids is 1. The lowest BCUT2D eigenvalue weighted by molar-refractivity contribution is -0.116. The number of hydrogen-bond donors (Lipinski definition) is 1. The van der Waals surface area contributed by atoms with Gasteiger partial charge in [0.05, 0.1) is 11.6 Å². The van der Waals surface area contributed by atoms with Crippen LogP contribution in [0.3, 0.4) is 0 Å². The van der Waals surface area contributed by atoms with Crippen molar-refractivity contribution in [2.45, 2.75) is 19.8 Å². The average Bonchev–Trinajstić information content (AvgIpc) is 2.45. The van der Waals surface area contributed by atoms with Crippen molar-refractivity contribution in [1.82, 2.24) is 4.98 Å².